The second-order valence-corrected chi connectivity index (χ2v) is 7.30. The predicted octanol–water partition coefficient (Wildman–Crippen LogP) is 1.89. The first-order valence-corrected chi connectivity index (χ1v) is 5.85. The molecular weight excluding hydrogens is 100 g/mol. The van der Waals surface area contributed by atoms with E-state index >= 15 is 0 Å². The summed E-state index contributed by atoms with van der Waals surface area (Å²) < 4.78 is 6.73. The first-order valence-electron chi connectivity index (χ1n) is 3.06. The molecule has 0 fully saturated rings. The zero-order chi connectivity index (χ0) is 6.62. The summed E-state index contributed by atoms with van der Waals surface area (Å²) in [5, 5.41) is 0. The van der Waals surface area contributed by atoms with Crippen LogP contribution in [0.2, 0.25) is 19.6 Å². The van der Waals surface area contributed by atoms with Gasteiger partial charge in [0, 0.05) is 1.37 Å². The van der Waals surface area contributed by atoms with Gasteiger partial charge in [-0.2, -0.15) is 0 Å². The Hall–Kier alpha value is -0.223. The van der Waals surface area contributed by atoms with Gasteiger partial charge in [0.15, 0.2) is 0 Å². The molecule has 0 aliphatic heterocycles. The molecule has 0 aromatic heterocycles. The van der Waals surface area contributed by atoms with E-state index in [4.69, 9.17) is 1.37 Å². The Bertz CT molecular complexity index is 113. The molecule has 0 unspecified atom stereocenters. The third kappa shape index (κ3) is 5.78. The molecule has 0 aliphatic rings. The summed E-state index contributed by atoms with van der Waals surface area (Å²) in [5.41, 5.74) is 3.07. The lowest BCUT2D eigenvalue weighted by Gasteiger charge is -2.01. The standard InChI is InChI=1S/C6H12Si/c1-5-6-7(2,3)4/h1-4H3/i1D. The fourth-order valence-corrected chi connectivity index (χ4v) is 0.795. The monoisotopic (exact) mass is 113 g/mol. The lowest BCUT2D eigenvalue weighted by atomic mass is 10.8. The summed E-state index contributed by atoms with van der Waals surface area (Å²) in [6.45, 7) is 6.78. The van der Waals surface area contributed by atoms with Crippen molar-refractivity contribution in [1.29, 1.82) is 0 Å². The molecule has 0 bridgehead atoms. The van der Waals surface area contributed by atoms with Crippen molar-refractivity contribution in [2.24, 2.45) is 0 Å². The second kappa shape index (κ2) is 2.18. The van der Waals surface area contributed by atoms with Crippen LogP contribution in [0.3, 0.4) is 0 Å². The zero-order valence-corrected chi connectivity index (χ0v) is 6.21. The van der Waals surface area contributed by atoms with E-state index in [2.05, 4.69) is 31.1 Å². The van der Waals surface area contributed by atoms with E-state index in [-0.39, 0.29) is 6.90 Å². The maximum Gasteiger partial charge on any atom is 0.129 e. The summed E-state index contributed by atoms with van der Waals surface area (Å²) in [6, 6.07) is 0. The second-order valence-electron chi connectivity index (χ2n) is 2.55. The molecule has 40 valence electrons. The molecule has 0 rings (SSSR count). The molecule has 0 aliphatic carbocycles. The van der Waals surface area contributed by atoms with Gasteiger partial charge >= 0.3 is 0 Å². The van der Waals surface area contributed by atoms with E-state index in [9.17, 15) is 0 Å². The van der Waals surface area contributed by atoms with Gasteiger partial charge in [-0.25, -0.2) is 0 Å². The Kier molecular flexibility index (Phi) is 1.53. The highest BCUT2D eigenvalue weighted by molar-refractivity contribution is 6.83. The van der Waals surface area contributed by atoms with Crippen LogP contribution in [0, 0.1) is 11.5 Å². The van der Waals surface area contributed by atoms with Gasteiger partial charge in [-0.15, -0.1) is 11.5 Å². The molecular formula is C6H12Si. The van der Waals surface area contributed by atoms with E-state index in [1.54, 1.807) is 0 Å². The third-order valence-electron chi connectivity index (χ3n) is 0.463. The summed E-state index contributed by atoms with van der Waals surface area (Å²) in [4.78, 5) is 0. The normalized spacial score (nSPS) is 11.6. The molecule has 1 heteroatoms. The topological polar surface area (TPSA) is 0 Å². The van der Waals surface area contributed by atoms with Crippen molar-refractivity contribution < 1.29 is 1.37 Å². The van der Waals surface area contributed by atoms with Gasteiger partial charge in [0.1, 0.15) is 8.07 Å². The smallest absolute Gasteiger partial charge is 0.129 e. The highest BCUT2D eigenvalue weighted by atomic mass is 28.3. The molecule has 0 radical (unpaired) electrons. The lowest BCUT2D eigenvalue weighted by molar-refractivity contribution is 1.80. The Labute approximate surface area is 48.3 Å². The molecule has 7 heavy (non-hydrogen) atoms. The van der Waals surface area contributed by atoms with Crippen LogP contribution in [0.5, 0.6) is 0 Å². The maximum absolute atomic E-state index is 6.73. The minimum atomic E-state index is -1.16. The molecule has 0 saturated heterocycles. The SMILES string of the molecule is [2H]CC#C[Si](C)(C)C. The zero-order valence-electron chi connectivity index (χ0n) is 6.21. The van der Waals surface area contributed by atoms with Gasteiger partial charge in [-0.1, -0.05) is 19.6 Å². The average Bonchev–Trinajstić information content (AvgIpc) is 1.59. The van der Waals surface area contributed by atoms with Crippen molar-refractivity contribution in [2.75, 3.05) is 0 Å². The van der Waals surface area contributed by atoms with E-state index in [0.717, 1.165) is 0 Å². The van der Waals surface area contributed by atoms with Crippen LogP contribution in [-0.4, -0.2) is 8.07 Å². The molecule has 0 saturated carbocycles. The molecule has 0 aromatic carbocycles. The Morgan fingerprint density at radius 3 is 2.14 bits per heavy atom. The fraction of sp³-hybridized carbons (Fsp3) is 0.667. The molecule has 0 amide bonds. The predicted molar refractivity (Wildman–Crippen MR) is 36.8 cm³/mol. The number of hydrogen-bond acceptors (Lipinski definition) is 0. The minimum absolute atomic E-state index is 0.254. The summed E-state index contributed by atoms with van der Waals surface area (Å²) in [5.74, 6) is 2.77. The molecule has 0 spiro atoms. The van der Waals surface area contributed by atoms with Crippen molar-refractivity contribution in [3.05, 3.63) is 0 Å². The van der Waals surface area contributed by atoms with Crippen molar-refractivity contribution in [3.8, 4) is 11.5 Å². The van der Waals surface area contributed by atoms with Gasteiger partial charge in [0.25, 0.3) is 0 Å². The van der Waals surface area contributed by atoms with Crippen LogP contribution in [-0.2, 0) is 0 Å². The van der Waals surface area contributed by atoms with Gasteiger partial charge in [0.2, 0.25) is 0 Å². The van der Waals surface area contributed by atoms with E-state index in [0.29, 0.717) is 0 Å². The van der Waals surface area contributed by atoms with Gasteiger partial charge < -0.3 is 0 Å². The van der Waals surface area contributed by atoms with E-state index < -0.39 is 8.07 Å². The lowest BCUT2D eigenvalue weighted by Crippen LogP contribution is -2.15. The van der Waals surface area contributed by atoms with Crippen LogP contribution in [0.15, 0.2) is 0 Å². The maximum atomic E-state index is 6.73. The van der Waals surface area contributed by atoms with Crippen LogP contribution >= 0.6 is 0 Å². The van der Waals surface area contributed by atoms with Crippen molar-refractivity contribution in [1.82, 2.24) is 0 Å². The minimum Gasteiger partial charge on any atom is -0.132 e. The summed E-state index contributed by atoms with van der Waals surface area (Å²) >= 11 is 0. The Balaban J connectivity index is 3.69. The molecule has 0 N–H and O–H groups in total. The largest absolute Gasteiger partial charge is 0.132 e. The first kappa shape index (κ1) is 4.92. The highest BCUT2D eigenvalue weighted by Crippen LogP contribution is 1.95. The van der Waals surface area contributed by atoms with Crippen LogP contribution in [0.1, 0.15) is 8.27 Å². The third-order valence-corrected chi connectivity index (χ3v) is 1.39. The van der Waals surface area contributed by atoms with E-state index in [1.807, 2.05) is 0 Å². The highest BCUT2D eigenvalue weighted by Gasteiger charge is 2.05. The van der Waals surface area contributed by atoms with Crippen LogP contribution in [0.4, 0.5) is 0 Å². The van der Waals surface area contributed by atoms with Crippen LogP contribution in [0.25, 0.3) is 0 Å². The summed E-state index contributed by atoms with van der Waals surface area (Å²) in [7, 11) is -1.16. The van der Waals surface area contributed by atoms with Crippen molar-refractivity contribution >= 4 is 8.07 Å². The molecule has 0 atom stereocenters. The Morgan fingerprint density at radius 1 is 1.43 bits per heavy atom. The molecule has 0 heterocycles. The number of hydrogen-bond donors (Lipinski definition) is 0. The van der Waals surface area contributed by atoms with E-state index in [1.165, 1.54) is 0 Å². The quantitative estimate of drug-likeness (QED) is 0.332. The van der Waals surface area contributed by atoms with Crippen molar-refractivity contribution in [2.45, 2.75) is 26.5 Å². The fourth-order valence-electron chi connectivity index (χ4n) is 0.265. The van der Waals surface area contributed by atoms with Crippen LogP contribution < -0.4 is 0 Å². The first-order chi connectivity index (χ1) is 3.56. The molecule has 0 nitrogen and oxygen atoms in total. The Morgan fingerprint density at radius 2 is 2.00 bits per heavy atom. The average molecular weight is 113 g/mol. The van der Waals surface area contributed by atoms with Gasteiger partial charge in [-0.3, -0.25) is 0 Å². The van der Waals surface area contributed by atoms with Gasteiger partial charge in [0.05, 0.1) is 0 Å². The summed E-state index contributed by atoms with van der Waals surface area (Å²) in [6.07, 6.45) is 0. The van der Waals surface area contributed by atoms with Gasteiger partial charge in [-0.05, 0) is 6.90 Å². The van der Waals surface area contributed by atoms with Crippen molar-refractivity contribution in [3.63, 3.8) is 0 Å². The number of rotatable bonds is 0. The molecule has 0 aromatic rings.